The van der Waals surface area contributed by atoms with Gasteiger partial charge in [0.1, 0.15) is 0 Å². The van der Waals surface area contributed by atoms with E-state index >= 15 is 0 Å². The summed E-state index contributed by atoms with van der Waals surface area (Å²) in [7, 11) is 0. The van der Waals surface area contributed by atoms with Crippen LogP contribution in [0.3, 0.4) is 0 Å². The molecule has 3 aromatic heterocycles. The van der Waals surface area contributed by atoms with E-state index in [1.165, 1.54) is 60.0 Å². The summed E-state index contributed by atoms with van der Waals surface area (Å²) >= 11 is 0. The number of rotatable bonds is 5. The standard InChI is InChI=1S/C66H43N5/c1-66(2)56-28-14-10-25-49(56)50-35-33-42(39-57(50)66)64-67-63(40-18-4-3-5-19-40)68-65(69-64)71-60-31-17-13-27-52(60)54-37-36-53-51-26-12-16-30-59(51)70(61(53)62(54)71)58-29-15-11-20-43(58)41-32-34-48-46-23-7-6-21-44(46)45-22-8-9-24-47(45)55(48)38-41/h3-39H,1-2H3. The zero-order valence-corrected chi connectivity index (χ0v) is 39.1. The van der Waals surface area contributed by atoms with E-state index < -0.39 is 0 Å². The van der Waals surface area contributed by atoms with Gasteiger partial charge in [0.05, 0.1) is 27.8 Å². The van der Waals surface area contributed by atoms with Crippen molar-refractivity contribution in [2.45, 2.75) is 19.3 Å². The van der Waals surface area contributed by atoms with E-state index in [0.717, 1.165) is 66.2 Å². The second kappa shape index (κ2) is 14.9. The number of hydrogen-bond acceptors (Lipinski definition) is 3. The maximum Gasteiger partial charge on any atom is 0.238 e. The van der Waals surface area contributed by atoms with Crippen LogP contribution in [0.5, 0.6) is 0 Å². The van der Waals surface area contributed by atoms with Crippen molar-refractivity contribution in [2.75, 3.05) is 0 Å². The summed E-state index contributed by atoms with van der Waals surface area (Å²) in [5.74, 6) is 1.81. The van der Waals surface area contributed by atoms with E-state index in [1.54, 1.807) is 0 Å². The summed E-state index contributed by atoms with van der Waals surface area (Å²) in [6.07, 6.45) is 0. The van der Waals surface area contributed by atoms with Gasteiger partial charge in [-0.2, -0.15) is 9.97 Å². The summed E-state index contributed by atoms with van der Waals surface area (Å²) < 4.78 is 4.78. The molecule has 0 unspecified atom stereocenters. The van der Waals surface area contributed by atoms with E-state index in [1.807, 2.05) is 18.2 Å². The van der Waals surface area contributed by atoms with Gasteiger partial charge < -0.3 is 4.57 Å². The zero-order chi connectivity index (χ0) is 47.0. The maximum absolute atomic E-state index is 5.53. The van der Waals surface area contributed by atoms with Crippen LogP contribution in [0.15, 0.2) is 224 Å². The van der Waals surface area contributed by atoms with E-state index in [9.17, 15) is 0 Å². The lowest BCUT2D eigenvalue weighted by atomic mass is 9.82. The fourth-order valence-electron chi connectivity index (χ4n) is 12.1. The molecule has 1 aliphatic rings. The van der Waals surface area contributed by atoms with E-state index in [2.05, 4.69) is 229 Å². The van der Waals surface area contributed by atoms with Gasteiger partial charge in [-0.3, -0.25) is 4.57 Å². The number of benzene rings is 11. The topological polar surface area (TPSA) is 48.5 Å². The largest absolute Gasteiger partial charge is 0.307 e. The molecule has 0 radical (unpaired) electrons. The Morgan fingerprint density at radius 1 is 0.310 bits per heavy atom. The lowest BCUT2D eigenvalue weighted by Gasteiger charge is -2.21. The van der Waals surface area contributed by atoms with Crippen molar-refractivity contribution in [3.05, 3.63) is 236 Å². The molecule has 14 aromatic rings. The molecule has 1 aliphatic carbocycles. The lowest BCUT2D eigenvalue weighted by molar-refractivity contribution is 0.660. The van der Waals surface area contributed by atoms with Gasteiger partial charge in [0.15, 0.2) is 11.6 Å². The third-order valence-electron chi connectivity index (χ3n) is 15.4. The molecule has 3 heterocycles. The molecule has 0 saturated heterocycles. The van der Waals surface area contributed by atoms with Crippen LogP contribution in [-0.4, -0.2) is 24.1 Å². The van der Waals surface area contributed by atoms with Crippen LogP contribution in [0.4, 0.5) is 0 Å². The fraction of sp³-hybridized carbons (Fsp3) is 0.0455. The van der Waals surface area contributed by atoms with E-state index in [0.29, 0.717) is 17.6 Å². The Balaban J connectivity index is 1.02. The summed E-state index contributed by atoms with van der Waals surface area (Å²) in [4.78, 5) is 16.3. The zero-order valence-electron chi connectivity index (χ0n) is 39.1. The first-order valence-corrected chi connectivity index (χ1v) is 24.4. The predicted octanol–water partition coefficient (Wildman–Crippen LogP) is 16.8. The van der Waals surface area contributed by atoms with Crippen molar-refractivity contribution < 1.29 is 0 Å². The fourth-order valence-corrected chi connectivity index (χ4v) is 12.1. The van der Waals surface area contributed by atoms with Gasteiger partial charge in [-0.15, -0.1) is 0 Å². The first-order chi connectivity index (χ1) is 35.0. The minimum atomic E-state index is -0.183. The molecule has 0 amide bonds. The maximum atomic E-state index is 5.53. The Kier molecular flexibility index (Phi) is 8.35. The Hall–Kier alpha value is -9.19. The number of para-hydroxylation sites is 3. The molecule has 5 nitrogen and oxygen atoms in total. The van der Waals surface area contributed by atoms with Gasteiger partial charge >= 0.3 is 0 Å². The van der Waals surface area contributed by atoms with Gasteiger partial charge in [0.2, 0.25) is 5.95 Å². The molecular weight excluding hydrogens is 863 g/mol. The highest BCUT2D eigenvalue weighted by Crippen LogP contribution is 2.50. The Morgan fingerprint density at radius 3 is 1.48 bits per heavy atom. The molecule has 15 rings (SSSR count). The quantitative estimate of drug-likeness (QED) is 0.162. The van der Waals surface area contributed by atoms with Gasteiger partial charge in [-0.05, 0) is 90.5 Å². The van der Waals surface area contributed by atoms with Gasteiger partial charge in [-0.25, -0.2) is 4.98 Å². The van der Waals surface area contributed by atoms with Crippen molar-refractivity contribution in [2.24, 2.45) is 0 Å². The number of fused-ring (bicyclic) bond motifs is 16. The summed E-state index contributed by atoms with van der Waals surface area (Å²) in [5, 5.41) is 12.1. The van der Waals surface area contributed by atoms with Crippen LogP contribution in [0.1, 0.15) is 25.0 Å². The summed E-state index contributed by atoms with van der Waals surface area (Å²) in [5.41, 5.74) is 14.5. The first kappa shape index (κ1) is 39.8. The monoisotopic (exact) mass is 905 g/mol. The molecule has 0 fully saturated rings. The predicted molar refractivity (Wildman–Crippen MR) is 295 cm³/mol. The van der Waals surface area contributed by atoms with Gasteiger partial charge in [-0.1, -0.05) is 208 Å². The highest BCUT2D eigenvalue weighted by molar-refractivity contribution is 6.26. The minimum Gasteiger partial charge on any atom is -0.307 e. The lowest BCUT2D eigenvalue weighted by Crippen LogP contribution is -2.15. The molecule has 0 N–H and O–H groups in total. The van der Waals surface area contributed by atoms with Gasteiger partial charge in [0.25, 0.3) is 0 Å². The van der Waals surface area contributed by atoms with Crippen LogP contribution in [0, 0.1) is 0 Å². The molecule has 0 aliphatic heterocycles. The molecule has 332 valence electrons. The van der Waals surface area contributed by atoms with Crippen LogP contribution >= 0.6 is 0 Å². The molecule has 5 heteroatoms. The SMILES string of the molecule is CC1(C)c2ccccc2-c2ccc(-c3nc(-c4ccccc4)nc(-n4c5ccccc5c5ccc6c7ccccc7n(-c7ccccc7-c7ccc8c9ccccc9c9ccccc9c8c7)c6c54)n3)cc21. The average molecular weight is 906 g/mol. The Morgan fingerprint density at radius 2 is 0.789 bits per heavy atom. The van der Waals surface area contributed by atoms with Crippen LogP contribution in [0.2, 0.25) is 0 Å². The second-order valence-electron chi connectivity index (χ2n) is 19.5. The Bertz CT molecular complexity index is 4520. The summed E-state index contributed by atoms with van der Waals surface area (Å²) in [6.45, 7) is 4.64. The van der Waals surface area contributed by atoms with E-state index in [4.69, 9.17) is 15.0 Å². The summed E-state index contributed by atoms with van der Waals surface area (Å²) in [6, 6.07) is 81.4. The van der Waals surface area contributed by atoms with Gasteiger partial charge in [0, 0.05) is 43.7 Å². The highest BCUT2D eigenvalue weighted by atomic mass is 15.2. The second-order valence-corrected chi connectivity index (χ2v) is 19.5. The molecule has 0 spiro atoms. The smallest absolute Gasteiger partial charge is 0.238 e. The molecule has 0 saturated carbocycles. The highest BCUT2D eigenvalue weighted by Gasteiger charge is 2.35. The molecule has 11 aromatic carbocycles. The van der Waals surface area contributed by atoms with Crippen molar-refractivity contribution in [1.82, 2.24) is 24.1 Å². The molecule has 0 atom stereocenters. The number of nitrogens with zero attached hydrogens (tertiary/aromatic N) is 5. The Labute approximate surface area is 409 Å². The minimum absolute atomic E-state index is 0.183. The molecular formula is C66H43N5. The molecule has 0 bridgehead atoms. The van der Waals surface area contributed by atoms with Crippen LogP contribution < -0.4 is 0 Å². The number of hydrogen-bond donors (Lipinski definition) is 0. The van der Waals surface area contributed by atoms with E-state index in [-0.39, 0.29) is 5.41 Å². The normalized spacial score (nSPS) is 13.0. The van der Waals surface area contributed by atoms with Crippen molar-refractivity contribution in [3.63, 3.8) is 0 Å². The van der Waals surface area contributed by atoms with Crippen molar-refractivity contribution in [1.29, 1.82) is 0 Å². The van der Waals surface area contributed by atoms with Crippen molar-refractivity contribution in [3.8, 4) is 56.7 Å². The molecule has 71 heavy (non-hydrogen) atoms. The van der Waals surface area contributed by atoms with Crippen LogP contribution in [0.25, 0.3) is 133 Å². The average Bonchev–Trinajstić information content (AvgIpc) is 4.04. The van der Waals surface area contributed by atoms with Crippen LogP contribution in [-0.2, 0) is 5.41 Å². The third-order valence-corrected chi connectivity index (χ3v) is 15.4. The number of aromatic nitrogens is 5. The van der Waals surface area contributed by atoms with Crippen molar-refractivity contribution >= 4 is 75.9 Å². The first-order valence-electron chi connectivity index (χ1n) is 24.4. The third kappa shape index (κ3) is 5.72.